The lowest BCUT2D eigenvalue weighted by atomic mass is 10.5. The van der Waals surface area contributed by atoms with Crippen LogP contribution in [0.2, 0.25) is 0 Å². The van der Waals surface area contributed by atoms with Crippen molar-refractivity contribution in [2.75, 3.05) is 4.90 Å². The predicted molar refractivity (Wildman–Crippen MR) is 64.1 cm³/mol. The molecule has 0 saturated heterocycles. The largest absolute Gasteiger partial charge is 0.286 e. The first kappa shape index (κ1) is 11.3. The fraction of sp³-hybridized carbons (Fsp3) is 0. The van der Waals surface area contributed by atoms with E-state index < -0.39 is 0 Å². The van der Waals surface area contributed by atoms with Gasteiger partial charge in [0, 0.05) is 18.3 Å². The first-order valence-electron chi connectivity index (χ1n) is 4.75. The maximum Gasteiger partial charge on any atom is 0.259 e. The number of imidazole rings is 1. The maximum atomic E-state index is 11.5. The van der Waals surface area contributed by atoms with Crippen LogP contribution in [0, 0.1) is 0 Å². The van der Waals surface area contributed by atoms with Crippen LogP contribution >= 0.6 is 12.4 Å². The van der Waals surface area contributed by atoms with Gasteiger partial charge >= 0.3 is 0 Å². The Balaban J connectivity index is 0.00000108. The second-order valence-corrected chi connectivity index (χ2v) is 3.39. The summed E-state index contributed by atoms with van der Waals surface area (Å²) in [4.78, 5) is 28.2. The van der Waals surface area contributed by atoms with Crippen LogP contribution < -0.4 is 4.90 Å². The van der Waals surface area contributed by atoms with E-state index in [-0.39, 0.29) is 24.2 Å². The van der Waals surface area contributed by atoms with Gasteiger partial charge in [-0.05, 0) is 12.1 Å². The molecule has 86 valence electrons. The highest BCUT2D eigenvalue weighted by atomic mass is 35.5. The molecule has 0 aliphatic carbocycles. The Morgan fingerprint density at radius 2 is 1.76 bits per heavy atom. The van der Waals surface area contributed by atoms with Crippen LogP contribution in [0.4, 0.5) is 5.82 Å². The van der Waals surface area contributed by atoms with Crippen LogP contribution in [0.1, 0.15) is 0 Å². The van der Waals surface area contributed by atoms with Gasteiger partial charge < -0.3 is 0 Å². The number of halogens is 1. The molecule has 0 saturated carbocycles. The van der Waals surface area contributed by atoms with Gasteiger partial charge in [-0.2, -0.15) is 0 Å². The monoisotopic (exact) mass is 249 g/mol. The fourth-order valence-corrected chi connectivity index (χ4v) is 1.71. The molecule has 2 aromatic heterocycles. The van der Waals surface area contributed by atoms with E-state index in [0.29, 0.717) is 11.5 Å². The Hall–Kier alpha value is -2.14. The molecule has 5 nitrogen and oxygen atoms in total. The van der Waals surface area contributed by atoms with E-state index in [2.05, 4.69) is 4.98 Å². The Morgan fingerprint density at radius 3 is 2.47 bits per heavy atom. The van der Waals surface area contributed by atoms with E-state index in [1.54, 1.807) is 10.6 Å². The zero-order chi connectivity index (χ0) is 11.1. The molecule has 17 heavy (non-hydrogen) atoms. The molecule has 1 aliphatic rings. The Bertz CT molecular complexity index is 614. The van der Waals surface area contributed by atoms with Crippen molar-refractivity contribution in [1.82, 2.24) is 9.38 Å². The van der Waals surface area contributed by atoms with Gasteiger partial charge in [0.15, 0.2) is 0 Å². The summed E-state index contributed by atoms with van der Waals surface area (Å²) in [5, 5.41) is 0. The molecular formula is C11H8ClN3O2. The molecule has 0 unspecified atom stereocenters. The summed E-state index contributed by atoms with van der Waals surface area (Å²) in [7, 11) is 0. The summed E-state index contributed by atoms with van der Waals surface area (Å²) in [5.41, 5.74) is 0.699. The SMILES string of the molecule is Cl.O=C1C=CC(=O)N1c1cnc2ccccn12. The highest BCUT2D eigenvalue weighted by Crippen LogP contribution is 2.19. The lowest BCUT2D eigenvalue weighted by Gasteiger charge is -2.12. The minimum Gasteiger partial charge on any atom is -0.286 e. The number of imide groups is 1. The van der Waals surface area contributed by atoms with E-state index in [4.69, 9.17) is 0 Å². The summed E-state index contributed by atoms with van der Waals surface area (Å²) in [6, 6.07) is 5.47. The van der Waals surface area contributed by atoms with Gasteiger partial charge in [0.25, 0.3) is 11.8 Å². The number of anilines is 1. The molecule has 0 spiro atoms. The van der Waals surface area contributed by atoms with Crippen molar-refractivity contribution < 1.29 is 9.59 Å². The van der Waals surface area contributed by atoms with Gasteiger partial charge in [0.05, 0.1) is 6.20 Å². The molecule has 0 aromatic carbocycles. The second-order valence-electron chi connectivity index (χ2n) is 3.39. The summed E-state index contributed by atoms with van der Waals surface area (Å²) in [6.07, 6.45) is 5.78. The van der Waals surface area contributed by atoms with Gasteiger partial charge in [-0.15, -0.1) is 12.4 Å². The van der Waals surface area contributed by atoms with Crippen LogP contribution in [0.3, 0.4) is 0 Å². The third-order valence-electron chi connectivity index (χ3n) is 2.44. The molecule has 0 bridgehead atoms. The average Bonchev–Trinajstić information content (AvgIpc) is 2.83. The van der Waals surface area contributed by atoms with Crippen LogP contribution in [-0.4, -0.2) is 21.2 Å². The van der Waals surface area contributed by atoms with Gasteiger partial charge in [0.2, 0.25) is 0 Å². The van der Waals surface area contributed by atoms with Gasteiger partial charge in [-0.1, -0.05) is 6.07 Å². The number of rotatable bonds is 1. The number of hydrogen-bond donors (Lipinski definition) is 0. The van der Waals surface area contributed by atoms with Crippen LogP contribution in [0.15, 0.2) is 42.7 Å². The summed E-state index contributed by atoms with van der Waals surface area (Å²) < 4.78 is 1.70. The number of nitrogens with zero attached hydrogens (tertiary/aromatic N) is 3. The number of aromatic nitrogens is 2. The van der Waals surface area contributed by atoms with Crippen LogP contribution in [-0.2, 0) is 9.59 Å². The van der Waals surface area contributed by atoms with Crippen molar-refractivity contribution in [3.05, 3.63) is 42.7 Å². The highest BCUT2D eigenvalue weighted by molar-refractivity contribution is 6.27. The van der Waals surface area contributed by atoms with E-state index in [0.717, 1.165) is 4.90 Å². The molecule has 0 N–H and O–H groups in total. The standard InChI is InChI=1S/C11H7N3O2.ClH/c15-10-4-5-11(16)14(10)9-7-12-8-3-1-2-6-13(8)9;/h1-7H;1H. The van der Waals surface area contributed by atoms with Crippen molar-refractivity contribution in [2.24, 2.45) is 0 Å². The average molecular weight is 250 g/mol. The molecule has 6 heteroatoms. The predicted octanol–water partition coefficient (Wildman–Crippen LogP) is 1.19. The number of fused-ring (bicyclic) bond motifs is 1. The molecule has 2 amide bonds. The summed E-state index contributed by atoms with van der Waals surface area (Å²) in [6.45, 7) is 0. The zero-order valence-corrected chi connectivity index (χ0v) is 9.42. The molecule has 3 rings (SSSR count). The van der Waals surface area contributed by atoms with Gasteiger partial charge in [-0.25, -0.2) is 9.88 Å². The van der Waals surface area contributed by atoms with Crippen molar-refractivity contribution in [2.45, 2.75) is 0 Å². The Kier molecular flexibility index (Phi) is 2.69. The molecule has 1 aliphatic heterocycles. The number of pyridine rings is 1. The van der Waals surface area contributed by atoms with Crippen molar-refractivity contribution in [3.63, 3.8) is 0 Å². The molecule has 0 fully saturated rings. The quantitative estimate of drug-likeness (QED) is 0.714. The Morgan fingerprint density at radius 1 is 1.06 bits per heavy atom. The molecule has 0 radical (unpaired) electrons. The molecule has 0 atom stereocenters. The van der Waals surface area contributed by atoms with Crippen LogP contribution in [0.5, 0.6) is 0 Å². The summed E-state index contributed by atoms with van der Waals surface area (Å²) >= 11 is 0. The fourth-order valence-electron chi connectivity index (χ4n) is 1.71. The first-order chi connectivity index (χ1) is 7.77. The number of carbonyl (C=O) groups is 2. The number of amides is 2. The van der Waals surface area contributed by atoms with Gasteiger partial charge in [-0.3, -0.25) is 14.0 Å². The molecule has 2 aromatic rings. The van der Waals surface area contributed by atoms with E-state index in [1.807, 2.05) is 18.2 Å². The van der Waals surface area contributed by atoms with E-state index in [1.165, 1.54) is 18.3 Å². The molecular weight excluding hydrogens is 242 g/mol. The zero-order valence-electron chi connectivity index (χ0n) is 8.61. The molecule has 3 heterocycles. The Labute approximate surface area is 103 Å². The maximum absolute atomic E-state index is 11.5. The van der Waals surface area contributed by atoms with Crippen molar-refractivity contribution in [1.29, 1.82) is 0 Å². The minimum absolute atomic E-state index is 0. The summed E-state index contributed by atoms with van der Waals surface area (Å²) in [5.74, 6) is -0.207. The minimum atomic E-state index is -0.337. The van der Waals surface area contributed by atoms with Crippen LogP contribution in [0.25, 0.3) is 5.65 Å². The first-order valence-corrected chi connectivity index (χ1v) is 4.75. The smallest absolute Gasteiger partial charge is 0.259 e. The highest BCUT2D eigenvalue weighted by Gasteiger charge is 2.27. The van der Waals surface area contributed by atoms with Crippen molar-refractivity contribution >= 4 is 35.7 Å². The lowest BCUT2D eigenvalue weighted by Crippen LogP contribution is -2.30. The second kappa shape index (κ2) is 4.03. The normalized spacial score (nSPS) is 14.5. The van der Waals surface area contributed by atoms with E-state index >= 15 is 0 Å². The third kappa shape index (κ3) is 1.60. The van der Waals surface area contributed by atoms with Gasteiger partial charge in [0.1, 0.15) is 11.5 Å². The van der Waals surface area contributed by atoms with E-state index in [9.17, 15) is 9.59 Å². The number of hydrogen-bond acceptors (Lipinski definition) is 3. The number of carbonyl (C=O) groups excluding carboxylic acids is 2. The topological polar surface area (TPSA) is 54.7 Å². The van der Waals surface area contributed by atoms with Crippen molar-refractivity contribution in [3.8, 4) is 0 Å². The third-order valence-corrected chi connectivity index (χ3v) is 2.44. The lowest BCUT2D eigenvalue weighted by molar-refractivity contribution is -0.120.